The first-order valence-corrected chi connectivity index (χ1v) is 8.17. The molecule has 0 saturated carbocycles. The fourth-order valence-corrected chi connectivity index (χ4v) is 2.41. The lowest BCUT2D eigenvalue weighted by molar-refractivity contribution is -0.120. The van der Waals surface area contributed by atoms with Crippen LogP contribution < -0.4 is 10.6 Å². The van der Waals surface area contributed by atoms with E-state index < -0.39 is 5.41 Å². The van der Waals surface area contributed by atoms with Gasteiger partial charge in [-0.3, -0.25) is 9.59 Å². The summed E-state index contributed by atoms with van der Waals surface area (Å²) in [6.45, 7) is 3.66. The molecule has 2 N–H and O–H groups in total. The molecule has 25 heavy (non-hydrogen) atoms. The summed E-state index contributed by atoms with van der Waals surface area (Å²) < 4.78 is 4.78. The van der Waals surface area contributed by atoms with E-state index in [2.05, 4.69) is 10.6 Å². The van der Waals surface area contributed by atoms with Crippen molar-refractivity contribution >= 4 is 34.8 Å². The highest BCUT2D eigenvalue weighted by molar-refractivity contribution is 6.30. The monoisotopic (exact) mass is 360 g/mol. The zero-order chi connectivity index (χ0) is 18.4. The number of carbonyl (C=O) groups excluding carboxylic acids is 2. The van der Waals surface area contributed by atoms with Gasteiger partial charge in [-0.1, -0.05) is 29.8 Å². The van der Waals surface area contributed by atoms with Crippen molar-refractivity contribution in [2.45, 2.75) is 19.3 Å². The molecule has 0 aromatic heterocycles. The van der Waals surface area contributed by atoms with Crippen molar-refractivity contribution < 1.29 is 14.3 Å². The Morgan fingerprint density at radius 2 is 1.64 bits per heavy atom. The number of ether oxygens (including phenoxy) is 1. The van der Waals surface area contributed by atoms with Crippen molar-refractivity contribution in [3.05, 3.63) is 59.1 Å². The molecule has 0 aliphatic carbocycles. The van der Waals surface area contributed by atoms with Crippen molar-refractivity contribution in [1.29, 1.82) is 0 Å². The highest BCUT2D eigenvalue weighted by atomic mass is 35.5. The van der Waals surface area contributed by atoms with E-state index >= 15 is 0 Å². The van der Waals surface area contributed by atoms with E-state index in [-0.39, 0.29) is 18.4 Å². The average molecular weight is 361 g/mol. The third-order valence-electron chi connectivity index (χ3n) is 3.81. The summed E-state index contributed by atoms with van der Waals surface area (Å²) >= 11 is 5.91. The third kappa shape index (κ3) is 5.05. The van der Waals surface area contributed by atoms with Crippen LogP contribution in [0, 0.1) is 0 Å². The fraction of sp³-hybridized carbons (Fsp3) is 0.263. The Morgan fingerprint density at radius 1 is 1.04 bits per heavy atom. The Bertz CT molecular complexity index is 758. The Hall–Kier alpha value is -2.37. The molecule has 0 spiro atoms. The minimum absolute atomic E-state index is 0.0276. The second-order valence-corrected chi connectivity index (χ2v) is 6.58. The topological polar surface area (TPSA) is 67.4 Å². The number of anilines is 2. The van der Waals surface area contributed by atoms with Crippen molar-refractivity contribution in [2.75, 3.05) is 24.4 Å². The van der Waals surface area contributed by atoms with Crippen LogP contribution in [0.25, 0.3) is 0 Å². The number of rotatable bonds is 6. The van der Waals surface area contributed by atoms with Crippen LogP contribution in [0.3, 0.4) is 0 Å². The molecular weight excluding hydrogens is 340 g/mol. The zero-order valence-electron chi connectivity index (χ0n) is 14.4. The largest absolute Gasteiger partial charge is 0.375 e. The molecule has 0 heterocycles. The van der Waals surface area contributed by atoms with Gasteiger partial charge in [-0.15, -0.1) is 0 Å². The molecule has 2 aromatic carbocycles. The maximum absolute atomic E-state index is 12.7. The first-order chi connectivity index (χ1) is 11.8. The van der Waals surface area contributed by atoms with Crippen LogP contribution >= 0.6 is 11.6 Å². The molecule has 6 heteroatoms. The minimum atomic E-state index is -0.736. The second-order valence-electron chi connectivity index (χ2n) is 6.15. The molecule has 2 amide bonds. The maximum atomic E-state index is 12.7. The van der Waals surface area contributed by atoms with E-state index in [4.69, 9.17) is 16.3 Å². The predicted molar refractivity (Wildman–Crippen MR) is 100 cm³/mol. The third-order valence-corrected chi connectivity index (χ3v) is 4.07. The molecule has 132 valence electrons. The van der Waals surface area contributed by atoms with Gasteiger partial charge in [0.1, 0.15) is 6.61 Å². The van der Waals surface area contributed by atoms with Crippen molar-refractivity contribution in [3.63, 3.8) is 0 Å². The Balaban J connectivity index is 2.11. The molecule has 2 rings (SSSR count). The van der Waals surface area contributed by atoms with Gasteiger partial charge in [0.05, 0.1) is 5.41 Å². The van der Waals surface area contributed by atoms with Crippen LogP contribution in [-0.2, 0) is 19.7 Å². The number of hydrogen-bond donors (Lipinski definition) is 2. The van der Waals surface area contributed by atoms with Gasteiger partial charge in [0.2, 0.25) is 11.8 Å². The molecule has 5 nitrogen and oxygen atoms in total. The summed E-state index contributed by atoms with van der Waals surface area (Å²) in [6, 6.07) is 14.2. The van der Waals surface area contributed by atoms with Gasteiger partial charge in [0.25, 0.3) is 0 Å². The standard InChI is InChI=1S/C19H21ClN2O3/c1-19(2,13-7-9-14(20)10-8-13)18(24)22-16-6-4-5-15(11-16)21-17(23)12-25-3/h4-11H,12H2,1-3H3,(H,21,23)(H,22,24). The molecule has 0 saturated heterocycles. The molecule has 0 bridgehead atoms. The molecule has 0 atom stereocenters. The minimum Gasteiger partial charge on any atom is -0.375 e. The van der Waals surface area contributed by atoms with Gasteiger partial charge in [0.15, 0.2) is 0 Å². The molecule has 2 aromatic rings. The highest BCUT2D eigenvalue weighted by Gasteiger charge is 2.29. The zero-order valence-corrected chi connectivity index (χ0v) is 15.2. The number of carbonyl (C=O) groups is 2. The molecule has 0 aliphatic heterocycles. The molecule has 0 fully saturated rings. The lowest BCUT2D eigenvalue weighted by Gasteiger charge is -2.24. The van der Waals surface area contributed by atoms with E-state index in [0.717, 1.165) is 5.56 Å². The van der Waals surface area contributed by atoms with Crippen molar-refractivity contribution in [3.8, 4) is 0 Å². The number of methoxy groups -OCH3 is 1. The summed E-state index contributed by atoms with van der Waals surface area (Å²) in [7, 11) is 1.45. The van der Waals surface area contributed by atoms with Crippen LogP contribution in [-0.4, -0.2) is 25.5 Å². The summed E-state index contributed by atoms with van der Waals surface area (Å²) in [5, 5.41) is 6.21. The van der Waals surface area contributed by atoms with E-state index in [1.54, 1.807) is 36.4 Å². The first-order valence-electron chi connectivity index (χ1n) is 7.79. The Morgan fingerprint density at radius 3 is 2.24 bits per heavy atom. The highest BCUT2D eigenvalue weighted by Crippen LogP contribution is 2.27. The summed E-state index contributed by atoms with van der Waals surface area (Å²) in [5.74, 6) is -0.414. The van der Waals surface area contributed by atoms with Crippen LogP contribution in [0.5, 0.6) is 0 Å². The molecular formula is C19H21ClN2O3. The average Bonchev–Trinajstić information content (AvgIpc) is 2.55. The Labute approximate surface area is 152 Å². The number of hydrogen-bond acceptors (Lipinski definition) is 3. The summed E-state index contributed by atoms with van der Waals surface area (Å²) in [4.78, 5) is 24.3. The normalized spacial score (nSPS) is 11.0. The lowest BCUT2D eigenvalue weighted by atomic mass is 9.83. The smallest absolute Gasteiger partial charge is 0.250 e. The van der Waals surface area contributed by atoms with E-state index in [0.29, 0.717) is 16.4 Å². The van der Waals surface area contributed by atoms with Crippen LogP contribution in [0.15, 0.2) is 48.5 Å². The maximum Gasteiger partial charge on any atom is 0.250 e. The van der Waals surface area contributed by atoms with Gasteiger partial charge in [-0.2, -0.15) is 0 Å². The van der Waals surface area contributed by atoms with Gasteiger partial charge >= 0.3 is 0 Å². The number of halogens is 1. The van der Waals surface area contributed by atoms with Gasteiger partial charge in [-0.05, 0) is 49.7 Å². The lowest BCUT2D eigenvalue weighted by Crippen LogP contribution is -2.34. The SMILES string of the molecule is COCC(=O)Nc1cccc(NC(=O)C(C)(C)c2ccc(Cl)cc2)c1. The first kappa shape index (κ1) is 19.0. The molecule has 0 aliphatic rings. The van der Waals surface area contributed by atoms with E-state index in [9.17, 15) is 9.59 Å². The number of benzene rings is 2. The Kier molecular flexibility index (Phi) is 6.17. The van der Waals surface area contributed by atoms with Crippen molar-refractivity contribution in [2.24, 2.45) is 0 Å². The number of amides is 2. The van der Waals surface area contributed by atoms with Crippen LogP contribution in [0.2, 0.25) is 5.02 Å². The molecule has 0 radical (unpaired) electrons. The molecule has 0 unspecified atom stereocenters. The van der Waals surface area contributed by atoms with E-state index in [1.165, 1.54) is 7.11 Å². The van der Waals surface area contributed by atoms with Gasteiger partial charge in [0, 0.05) is 23.5 Å². The van der Waals surface area contributed by atoms with Crippen LogP contribution in [0.1, 0.15) is 19.4 Å². The van der Waals surface area contributed by atoms with Crippen LogP contribution in [0.4, 0.5) is 11.4 Å². The van der Waals surface area contributed by atoms with Gasteiger partial charge in [-0.25, -0.2) is 0 Å². The summed E-state index contributed by atoms with van der Waals surface area (Å²) in [5.41, 5.74) is 1.31. The summed E-state index contributed by atoms with van der Waals surface area (Å²) in [6.07, 6.45) is 0. The van der Waals surface area contributed by atoms with Gasteiger partial charge < -0.3 is 15.4 Å². The quantitative estimate of drug-likeness (QED) is 0.822. The predicted octanol–water partition coefficient (Wildman–Crippen LogP) is 3.84. The fourth-order valence-electron chi connectivity index (χ4n) is 2.29. The number of nitrogens with one attached hydrogen (secondary N) is 2. The second kappa shape index (κ2) is 8.14. The van der Waals surface area contributed by atoms with Crippen molar-refractivity contribution in [1.82, 2.24) is 0 Å². The van der Waals surface area contributed by atoms with E-state index in [1.807, 2.05) is 26.0 Å².